The largest absolute Gasteiger partial charge is 0.465 e. The van der Waals surface area contributed by atoms with Crippen molar-refractivity contribution in [1.29, 1.82) is 0 Å². The molecule has 0 radical (unpaired) electrons. The second kappa shape index (κ2) is 9.86. The summed E-state index contributed by atoms with van der Waals surface area (Å²) in [6.07, 6.45) is -2.45. The fourth-order valence-corrected chi connectivity index (χ4v) is 2.40. The summed E-state index contributed by atoms with van der Waals surface area (Å²) in [5.74, 6) is -0.662. The van der Waals surface area contributed by atoms with Gasteiger partial charge < -0.3 is 25.0 Å². The molecular weight excluding hydrogens is 376 g/mol. The van der Waals surface area contributed by atoms with Gasteiger partial charge in [-0.3, -0.25) is 0 Å². The van der Waals surface area contributed by atoms with Crippen molar-refractivity contribution in [3.63, 3.8) is 0 Å². The zero-order valence-electron chi connectivity index (χ0n) is 14.5. The van der Waals surface area contributed by atoms with Gasteiger partial charge in [-0.1, -0.05) is 41.9 Å². The van der Waals surface area contributed by atoms with Crippen LogP contribution in [-0.4, -0.2) is 47.0 Å². The van der Waals surface area contributed by atoms with E-state index in [1.165, 1.54) is 19.4 Å². The van der Waals surface area contributed by atoms with Gasteiger partial charge in [-0.25, -0.2) is 14.6 Å². The molecule has 1 heterocycles. The summed E-state index contributed by atoms with van der Waals surface area (Å²) in [7, 11) is 1.20. The highest BCUT2D eigenvalue weighted by Gasteiger charge is 2.24. The van der Waals surface area contributed by atoms with Crippen molar-refractivity contribution in [2.75, 3.05) is 13.7 Å². The first-order chi connectivity index (χ1) is 12.9. The maximum Gasteiger partial charge on any atom is 0.407 e. The molecule has 0 fully saturated rings. The molecule has 0 bridgehead atoms. The predicted octanol–water partition coefficient (Wildman–Crippen LogP) is 1.84. The normalized spacial score (nSPS) is 12.7. The second-order valence-electron chi connectivity index (χ2n) is 5.55. The highest BCUT2D eigenvalue weighted by atomic mass is 35.5. The third kappa shape index (κ3) is 5.92. The Hall–Kier alpha value is -2.68. The van der Waals surface area contributed by atoms with E-state index in [-0.39, 0.29) is 29.4 Å². The number of aliphatic hydroxyl groups is 2. The molecule has 1 amide bonds. The van der Waals surface area contributed by atoms with Gasteiger partial charge in [-0.05, 0) is 11.6 Å². The molecule has 3 N–H and O–H groups in total. The lowest BCUT2D eigenvalue weighted by atomic mass is 10.0. The van der Waals surface area contributed by atoms with Crippen LogP contribution in [-0.2, 0) is 16.1 Å². The lowest BCUT2D eigenvalue weighted by molar-refractivity contribution is 0.0182. The minimum absolute atomic E-state index is 0.0338. The SMILES string of the molecule is COC(=O)c1cnc(Cl)c(C(O)C(O)CNC(=O)OCc2ccccc2)c1. The fraction of sp³-hybridized carbons (Fsp3) is 0.278. The first-order valence-electron chi connectivity index (χ1n) is 7.96. The van der Waals surface area contributed by atoms with Gasteiger partial charge in [-0.15, -0.1) is 0 Å². The summed E-state index contributed by atoms with van der Waals surface area (Å²) in [6, 6.07) is 10.3. The highest BCUT2D eigenvalue weighted by Crippen LogP contribution is 2.24. The van der Waals surface area contributed by atoms with Crippen molar-refractivity contribution in [2.45, 2.75) is 18.8 Å². The van der Waals surface area contributed by atoms with E-state index in [1.807, 2.05) is 18.2 Å². The monoisotopic (exact) mass is 394 g/mol. The van der Waals surface area contributed by atoms with Crippen LogP contribution in [0.1, 0.15) is 27.6 Å². The van der Waals surface area contributed by atoms with E-state index in [0.29, 0.717) is 0 Å². The zero-order valence-corrected chi connectivity index (χ0v) is 15.2. The van der Waals surface area contributed by atoms with Gasteiger partial charge in [0, 0.05) is 18.3 Å². The topological polar surface area (TPSA) is 118 Å². The molecule has 0 aliphatic heterocycles. The number of benzene rings is 1. The zero-order chi connectivity index (χ0) is 19.8. The Labute approximate surface area is 160 Å². The third-order valence-electron chi connectivity index (χ3n) is 3.64. The van der Waals surface area contributed by atoms with Gasteiger partial charge in [0.05, 0.1) is 12.7 Å². The summed E-state index contributed by atoms with van der Waals surface area (Å²) in [5, 5.41) is 22.6. The van der Waals surface area contributed by atoms with Crippen molar-refractivity contribution >= 4 is 23.7 Å². The molecule has 1 aromatic carbocycles. The first kappa shape index (κ1) is 20.6. The number of pyridine rings is 1. The molecular formula is C18H19ClN2O6. The molecule has 144 valence electrons. The summed E-state index contributed by atoms with van der Waals surface area (Å²) >= 11 is 5.92. The highest BCUT2D eigenvalue weighted by molar-refractivity contribution is 6.30. The number of ether oxygens (including phenoxy) is 2. The van der Waals surface area contributed by atoms with Crippen molar-refractivity contribution < 1.29 is 29.3 Å². The maximum absolute atomic E-state index is 11.7. The summed E-state index contributed by atoms with van der Waals surface area (Å²) in [5.41, 5.74) is 0.913. The van der Waals surface area contributed by atoms with Crippen LogP contribution in [0.25, 0.3) is 0 Å². The van der Waals surface area contributed by atoms with E-state index in [4.69, 9.17) is 16.3 Å². The van der Waals surface area contributed by atoms with Crippen LogP contribution in [0, 0.1) is 0 Å². The van der Waals surface area contributed by atoms with Crippen LogP contribution in [0.4, 0.5) is 4.79 Å². The maximum atomic E-state index is 11.7. The second-order valence-corrected chi connectivity index (χ2v) is 5.91. The van der Waals surface area contributed by atoms with Gasteiger partial charge in [0.2, 0.25) is 0 Å². The summed E-state index contributed by atoms with van der Waals surface area (Å²) in [6.45, 7) is -0.226. The van der Waals surface area contributed by atoms with E-state index >= 15 is 0 Å². The average Bonchev–Trinajstić information content (AvgIpc) is 2.70. The Bertz CT molecular complexity index is 787. The molecule has 0 saturated carbocycles. The first-order valence-corrected chi connectivity index (χ1v) is 8.34. The standard InChI is InChI=1S/C18H19ClN2O6/c1-26-17(24)12-7-13(16(19)20-8-12)15(23)14(22)9-21-18(25)27-10-11-5-3-2-4-6-11/h2-8,14-15,22-23H,9-10H2,1H3,(H,21,25). The molecule has 27 heavy (non-hydrogen) atoms. The molecule has 0 aliphatic carbocycles. The fourth-order valence-electron chi connectivity index (χ4n) is 2.18. The minimum atomic E-state index is -1.48. The number of alkyl carbamates (subject to hydrolysis) is 1. The van der Waals surface area contributed by atoms with Crippen LogP contribution >= 0.6 is 11.6 Å². The predicted molar refractivity (Wildman–Crippen MR) is 96.2 cm³/mol. The van der Waals surface area contributed by atoms with Crippen molar-refractivity contribution in [2.24, 2.45) is 0 Å². The number of rotatable bonds is 7. The number of nitrogens with zero attached hydrogens (tertiary/aromatic N) is 1. The van der Waals surface area contributed by atoms with Gasteiger partial charge in [0.25, 0.3) is 0 Å². The van der Waals surface area contributed by atoms with Crippen molar-refractivity contribution in [3.8, 4) is 0 Å². The van der Waals surface area contributed by atoms with Gasteiger partial charge in [-0.2, -0.15) is 0 Å². The lowest BCUT2D eigenvalue weighted by Crippen LogP contribution is -2.36. The number of aromatic nitrogens is 1. The average molecular weight is 395 g/mol. The number of hydrogen-bond donors (Lipinski definition) is 3. The number of hydrogen-bond acceptors (Lipinski definition) is 7. The summed E-state index contributed by atoms with van der Waals surface area (Å²) in [4.78, 5) is 27.0. The third-order valence-corrected chi connectivity index (χ3v) is 3.95. The van der Waals surface area contributed by atoms with Gasteiger partial charge in [0.15, 0.2) is 0 Å². The molecule has 2 aromatic rings. The lowest BCUT2D eigenvalue weighted by Gasteiger charge is -2.19. The Morgan fingerprint density at radius 1 is 1.26 bits per heavy atom. The van der Waals surface area contributed by atoms with Crippen LogP contribution in [0.15, 0.2) is 42.6 Å². The number of halogens is 1. The Morgan fingerprint density at radius 3 is 2.63 bits per heavy atom. The number of methoxy groups -OCH3 is 1. The van der Waals surface area contributed by atoms with Crippen molar-refractivity contribution in [1.82, 2.24) is 10.3 Å². The summed E-state index contributed by atoms with van der Waals surface area (Å²) < 4.78 is 9.58. The molecule has 1 aromatic heterocycles. The van der Waals surface area contributed by atoms with E-state index in [1.54, 1.807) is 12.1 Å². The molecule has 2 atom stereocenters. The van der Waals surface area contributed by atoms with Crippen LogP contribution in [0.2, 0.25) is 5.15 Å². The number of amides is 1. The number of aliphatic hydroxyl groups excluding tert-OH is 2. The van der Waals surface area contributed by atoms with E-state index in [9.17, 15) is 19.8 Å². The van der Waals surface area contributed by atoms with Gasteiger partial charge >= 0.3 is 12.1 Å². The van der Waals surface area contributed by atoms with Gasteiger partial charge in [0.1, 0.15) is 24.0 Å². The Kier molecular flexibility index (Phi) is 7.54. The number of carbonyl (C=O) groups is 2. The number of esters is 1. The minimum Gasteiger partial charge on any atom is -0.465 e. The molecule has 0 aliphatic rings. The molecule has 0 saturated heterocycles. The van der Waals surface area contributed by atoms with E-state index in [2.05, 4.69) is 15.0 Å². The molecule has 0 spiro atoms. The van der Waals surface area contributed by atoms with E-state index < -0.39 is 24.3 Å². The van der Waals surface area contributed by atoms with Crippen LogP contribution < -0.4 is 5.32 Å². The molecule has 2 unspecified atom stereocenters. The molecule has 2 rings (SSSR count). The quantitative estimate of drug-likeness (QED) is 0.484. The number of nitrogens with one attached hydrogen (secondary N) is 1. The van der Waals surface area contributed by atoms with Crippen LogP contribution in [0.5, 0.6) is 0 Å². The van der Waals surface area contributed by atoms with Crippen molar-refractivity contribution in [3.05, 3.63) is 64.4 Å². The molecule has 9 heteroatoms. The van der Waals surface area contributed by atoms with E-state index in [0.717, 1.165) is 5.56 Å². The molecule has 8 nitrogen and oxygen atoms in total. The van der Waals surface area contributed by atoms with Crippen LogP contribution in [0.3, 0.4) is 0 Å². The Balaban J connectivity index is 1.90. The smallest absolute Gasteiger partial charge is 0.407 e. The Morgan fingerprint density at radius 2 is 1.96 bits per heavy atom. The number of carbonyl (C=O) groups excluding carboxylic acids is 2.